The summed E-state index contributed by atoms with van der Waals surface area (Å²) in [6.07, 6.45) is 3.59. The van der Waals surface area contributed by atoms with Crippen LogP contribution in [0.25, 0.3) is 10.9 Å². The number of para-hydroxylation sites is 1. The third kappa shape index (κ3) is 3.23. The highest BCUT2D eigenvalue weighted by atomic mass is 16.3. The molecule has 4 rings (SSSR count). The zero-order chi connectivity index (χ0) is 19.7. The minimum atomic E-state index is -1.15. The average Bonchev–Trinajstić information content (AvgIpc) is 2.73. The van der Waals surface area contributed by atoms with Crippen molar-refractivity contribution >= 4 is 16.7 Å². The van der Waals surface area contributed by atoms with Crippen LogP contribution in [-0.2, 0) is 5.60 Å². The fraction of sp³-hybridized carbons (Fsp3) is 0.333. The SMILES string of the molecule is CC(=O)c1ccc(C(O)(c2cccc3cccnc23)C2CCN(C)CC2)cc1. The maximum absolute atomic E-state index is 12.2. The third-order valence-corrected chi connectivity index (χ3v) is 6.08. The molecular formula is C24H26N2O2. The fourth-order valence-electron chi connectivity index (χ4n) is 4.41. The van der Waals surface area contributed by atoms with E-state index in [0.717, 1.165) is 48.0 Å². The summed E-state index contributed by atoms with van der Waals surface area (Å²) in [7, 11) is 2.12. The Morgan fingerprint density at radius 3 is 2.43 bits per heavy atom. The number of hydrogen-bond donors (Lipinski definition) is 1. The summed E-state index contributed by atoms with van der Waals surface area (Å²) in [5.74, 6) is 0.112. The van der Waals surface area contributed by atoms with Crippen LogP contribution in [-0.4, -0.2) is 40.9 Å². The number of hydrogen-bond acceptors (Lipinski definition) is 4. The van der Waals surface area contributed by atoms with E-state index in [4.69, 9.17) is 0 Å². The van der Waals surface area contributed by atoms with Gasteiger partial charge in [-0.1, -0.05) is 48.5 Å². The van der Waals surface area contributed by atoms with E-state index in [1.54, 1.807) is 13.1 Å². The molecule has 1 saturated heterocycles. The molecule has 1 atom stereocenters. The molecule has 1 aliphatic heterocycles. The summed E-state index contributed by atoms with van der Waals surface area (Å²) < 4.78 is 0. The van der Waals surface area contributed by atoms with Crippen molar-refractivity contribution in [2.45, 2.75) is 25.4 Å². The number of nitrogens with zero attached hydrogens (tertiary/aromatic N) is 2. The molecule has 2 aromatic carbocycles. The predicted molar refractivity (Wildman–Crippen MR) is 111 cm³/mol. The molecule has 1 aromatic heterocycles. The third-order valence-electron chi connectivity index (χ3n) is 6.08. The van der Waals surface area contributed by atoms with Crippen LogP contribution >= 0.6 is 0 Å². The smallest absolute Gasteiger partial charge is 0.159 e. The Labute approximate surface area is 165 Å². The molecule has 4 nitrogen and oxygen atoms in total. The van der Waals surface area contributed by atoms with Gasteiger partial charge >= 0.3 is 0 Å². The van der Waals surface area contributed by atoms with Gasteiger partial charge in [-0.25, -0.2) is 0 Å². The first-order chi connectivity index (χ1) is 13.5. The first kappa shape index (κ1) is 18.8. The van der Waals surface area contributed by atoms with Crippen molar-refractivity contribution in [3.05, 3.63) is 77.5 Å². The van der Waals surface area contributed by atoms with Crippen molar-refractivity contribution < 1.29 is 9.90 Å². The number of piperidine rings is 1. The molecule has 4 heteroatoms. The van der Waals surface area contributed by atoms with Crippen molar-refractivity contribution in [1.29, 1.82) is 0 Å². The summed E-state index contributed by atoms with van der Waals surface area (Å²) in [5, 5.41) is 13.3. The molecule has 0 spiro atoms. The molecule has 3 aromatic rings. The molecule has 1 fully saturated rings. The van der Waals surface area contributed by atoms with Crippen LogP contribution in [0.15, 0.2) is 60.8 Å². The van der Waals surface area contributed by atoms with Crippen LogP contribution < -0.4 is 0 Å². The lowest BCUT2D eigenvalue weighted by Gasteiger charge is -2.41. The molecule has 0 amide bonds. The molecule has 1 unspecified atom stereocenters. The number of carbonyl (C=O) groups excluding carboxylic acids is 1. The number of carbonyl (C=O) groups is 1. The molecular weight excluding hydrogens is 348 g/mol. The first-order valence-corrected chi connectivity index (χ1v) is 9.87. The Morgan fingerprint density at radius 2 is 1.75 bits per heavy atom. The summed E-state index contributed by atoms with van der Waals surface area (Å²) in [6.45, 7) is 3.47. The number of aliphatic hydroxyl groups is 1. The van der Waals surface area contributed by atoms with E-state index in [1.807, 2.05) is 54.6 Å². The second kappa shape index (κ2) is 7.46. The van der Waals surface area contributed by atoms with E-state index in [9.17, 15) is 9.90 Å². The number of Topliss-reactive ketones (excluding diaryl/α,β-unsaturated/α-hetero) is 1. The van der Waals surface area contributed by atoms with E-state index in [0.29, 0.717) is 5.56 Å². The summed E-state index contributed by atoms with van der Waals surface area (Å²) in [6, 6.07) is 17.4. The second-order valence-corrected chi connectivity index (χ2v) is 7.86. The number of aromatic nitrogens is 1. The first-order valence-electron chi connectivity index (χ1n) is 9.87. The maximum atomic E-state index is 12.2. The van der Waals surface area contributed by atoms with Crippen molar-refractivity contribution in [3.8, 4) is 0 Å². The standard InChI is InChI=1S/C24H26N2O2/c1-17(27)18-8-10-20(11-9-18)24(28,21-12-15-26(2)16-13-21)22-7-3-5-19-6-4-14-25-23(19)22/h3-11,14,21,28H,12-13,15-16H2,1-2H3. The number of pyridine rings is 1. The van der Waals surface area contributed by atoms with Crippen LogP contribution in [0, 0.1) is 5.92 Å². The molecule has 1 aliphatic rings. The molecule has 0 aliphatic carbocycles. The van der Waals surface area contributed by atoms with Gasteiger partial charge in [0, 0.05) is 22.7 Å². The lowest BCUT2D eigenvalue weighted by Crippen LogP contribution is -2.43. The van der Waals surface area contributed by atoms with E-state index >= 15 is 0 Å². The summed E-state index contributed by atoms with van der Waals surface area (Å²) >= 11 is 0. The van der Waals surface area contributed by atoms with Crippen molar-refractivity contribution in [2.75, 3.05) is 20.1 Å². The van der Waals surface area contributed by atoms with Gasteiger partial charge < -0.3 is 10.0 Å². The number of rotatable bonds is 4. The van der Waals surface area contributed by atoms with Gasteiger partial charge in [0.15, 0.2) is 5.78 Å². The van der Waals surface area contributed by atoms with E-state index in [-0.39, 0.29) is 11.7 Å². The Kier molecular flexibility index (Phi) is 5.00. The molecule has 28 heavy (non-hydrogen) atoms. The Morgan fingerprint density at radius 1 is 1.07 bits per heavy atom. The van der Waals surface area contributed by atoms with Gasteiger partial charge in [-0.05, 0) is 57.5 Å². The Bertz CT molecular complexity index is 986. The Balaban J connectivity index is 1.89. The number of fused-ring (bicyclic) bond motifs is 1. The topological polar surface area (TPSA) is 53.4 Å². The summed E-state index contributed by atoms with van der Waals surface area (Å²) in [4.78, 5) is 18.6. The van der Waals surface area contributed by atoms with Crippen molar-refractivity contribution in [1.82, 2.24) is 9.88 Å². The fourth-order valence-corrected chi connectivity index (χ4v) is 4.41. The number of ketones is 1. The van der Waals surface area contributed by atoms with Crippen LogP contribution in [0.3, 0.4) is 0 Å². The Hall–Kier alpha value is -2.56. The van der Waals surface area contributed by atoms with Crippen LogP contribution in [0.5, 0.6) is 0 Å². The lowest BCUT2D eigenvalue weighted by atomic mass is 9.71. The van der Waals surface area contributed by atoms with E-state index in [2.05, 4.69) is 16.9 Å². The van der Waals surface area contributed by atoms with Crippen molar-refractivity contribution in [2.24, 2.45) is 5.92 Å². The van der Waals surface area contributed by atoms with Gasteiger partial charge in [0.2, 0.25) is 0 Å². The van der Waals surface area contributed by atoms with Gasteiger partial charge in [-0.3, -0.25) is 9.78 Å². The molecule has 0 saturated carbocycles. The quantitative estimate of drug-likeness (QED) is 0.701. The highest BCUT2D eigenvalue weighted by Crippen LogP contribution is 2.43. The van der Waals surface area contributed by atoms with Crippen molar-refractivity contribution in [3.63, 3.8) is 0 Å². The largest absolute Gasteiger partial charge is 0.380 e. The lowest BCUT2D eigenvalue weighted by molar-refractivity contribution is -0.00985. The van der Waals surface area contributed by atoms with Gasteiger partial charge in [0.05, 0.1) is 5.52 Å². The van der Waals surface area contributed by atoms with Gasteiger partial charge in [0.1, 0.15) is 5.60 Å². The van der Waals surface area contributed by atoms with Gasteiger partial charge in [0.25, 0.3) is 0 Å². The number of likely N-dealkylation sites (tertiary alicyclic amines) is 1. The van der Waals surface area contributed by atoms with E-state index in [1.165, 1.54) is 0 Å². The highest BCUT2D eigenvalue weighted by molar-refractivity contribution is 5.94. The zero-order valence-electron chi connectivity index (χ0n) is 16.4. The van der Waals surface area contributed by atoms with Gasteiger partial charge in [-0.15, -0.1) is 0 Å². The molecule has 1 N–H and O–H groups in total. The molecule has 0 radical (unpaired) electrons. The molecule has 0 bridgehead atoms. The monoisotopic (exact) mass is 374 g/mol. The maximum Gasteiger partial charge on any atom is 0.159 e. The molecule has 2 heterocycles. The normalized spacial score (nSPS) is 18.1. The van der Waals surface area contributed by atoms with E-state index < -0.39 is 5.60 Å². The zero-order valence-corrected chi connectivity index (χ0v) is 16.4. The highest BCUT2D eigenvalue weighted by Gasteiger charge is 2.42. The minimum Gasteiger partial charge on any atom is -0.380 e. The second-order valence-electron chi connectivity index (χ2n) is 7.86. The molecule has 144 valence electrons. The van der Waals surface area contributed by atoms with Crippen LogP contribution in [0.2, 0.25) is 0 Å². The van der Waals surface area contributed by atoms with Crippen LogP contribution in [0.4, 0.5) is 0 Å². The van der Waals surface area contributed by atoms with Crippen LogP contribution in [0.1, 0.15) is 41.3 Å². The minimum absolute atomic E-state index is 0.0289. The van der Waals surface area contributed by atoms with Gasteiger partial charge in [-0.2, -0.15) is 0 Å². The number of benzene rings is 2. The predicted octanol–water partition coefficient (Wildman–Crippen LogP) is 4.02. The average molecular weight is 374 g/mol. The summed E-state index contributed by atoms with van der Waals surface area (Å²) in [5.41, 5.74) is 2.01.